The van der Waals surface area contributed by atoms with Gasteiger partial charge >= 0.3 is 0 Å². The Hall–Kier alpha value is -2.80. The van der Waals surface area contributed by atoms with Gasteiger partial charge in [0.05, 0.1) is 6.21 Å². The van der Waals surface area contributed by atoms with E-state index in [0.29, 0.717) is 10.6 Å². The van der Waals surface area contributed by atoms with Crippen LogP contribution >= 0.6 is 12.2 Å². The van der Waals surface area contributed by atoms with Crippen LogP contribution in [0.2, 0.25) is 0 Å². The molecule has 2 aromatic carbocycles. The molecule has 0 spiro atoms. The maximum atomic E-state index is 13.0. The molecule has 3 rings (SSSR count). The monoisotopic (exact) mass is 341 g/mol. The molecule has 0 unspecified atom stereocenters. The van der Waals surface area contributed by atoms with E-state index in [1.54, 1.807) is 23.0 Å². The molecule has 0 atom stereocenters. The maximum Gasteiger partial charge on any atom is 0.216 e. The smallest absolute Gasteiger partial charge is 0.216 e. The molecule has 1 heterocycles. The fourth-order valence-corrected chi connectivity index (χ4v) is 2.35. The van der Waals surface area contributed by atoms with E-state index >= 15 is 0 Å². The molecule has 0 aliphatic carbocycles. The normalized spacial score (nSPS) is 11.1. The van der Waals surface area contributed by atoms with Crippen molar-refractivity contribution in [2.24, 2.45) is 5.10 Å². The number of rotatable bonds is 4. The predicted molar refractivity (Wildman–Crippen MR) is 96.6 cm³/mol. The maximum absolute atomic E-state index is 13.0. The lowest BCUT2D eigenvalue weighted by Crippen LogP contribution is -2.08. The second kappa shape index (κ2) is 6.76. The van der Waals surface area contributed by atoms with Crippen LogP contribution in [0.15, 0.2) is 53.6 Å². The van der Waals surface area contributed by atoms with Crippen LogP contribution in [-0.2, 0) is 0 Å². The number of benzene rings is 2. The molecule has 0 bridgehead atoms. The topological polar surface area (TPSA) is 49.2 Å². The molecule has 7 heteroatoms. The van der Waals surface area contributed by atoms with E-state index in [9.17, 15) is 4.39 Å². The van der Waals surface area contributed by atoms with Gasteiger partial charge in [0.2, 0.25) is 4.77 Å². The lowest BCUT2D eigenvalue weighted by atomic mass is 10.2. The Bertz CT molecular complexity index is 907. The minimum atomic E-state index is -0.284. The van der Waals surface area contributed by atoms with Crippen LogP contribution in [0.25, 0.3) is 11.4 Å². The van der Waals surface area contributed by atoms with Crippen molar-refractivity contribution in [1.82, 2.24) is 14.9 Å². The number of aromatic amines is 1. The average molecular weight is 341 g/mol. The Balaban J connectivity index is 1.94. The van der Waals surface area contributed by atoms with Crippen molar-refractivity contribution in [3.8, 4) is 11.4 Å². The third-order valence-electron chi connectivity index (χ3n) is 3.48. The number of H-pyrrole nitrogens is 1. The van der Waals surface area contributed by atoms with Gasteiger partial charge < -0.3 is 4.90 Å². The molecule has 24 heavy (non-hydrogen) atoms. The third-order valence-corrected chi connectivity index (χ3v) is 3.75. The molecular formula is C17H16FN5S. The van der Waals surface area contributed by atoms with Crippen molar-refractivity contribution in [3.05, 3.63) is 64.7 Å². The largest absolute Gasteiger partial charge is 0.378 e. The molecule has 0 saturated heterocycles. The Kier molecular flexibility index (Phi) is 4.52. The summed E-state index contributed by atoms with van der Waals surface area (Å²) in [7, 11) is 3.97. The molecule has 3 aromatic rings. The van der Waals surface area contributed by atoms with Crippen LogP contribution in [-0.4, -0.2) is 35.2 Å². The molecular weight excluding hydrogens is 325 g/mol. The SMILES string of the molecule is CN(C)c1ccc(-c2n[nH]c(=S)n2N=Cc2ccc(F)cc2)cc1. The van der Waals surface area contributed by atoms with Crippen LogP contribution in [0, 0.1) is 10.6 Å². The Labute approximate surface area is 144 Å². The molecule has 5 nitrogen and oxygen atoms in total. The highest BCUT2D eigenvalue weighted by atomic mass is 32.1. The highest BCUT2D eigenvalue weighted by molar-refractivity contribution is 7.71. The lowest BCUT2D eigenvalue weighted by Gasteiger charge is -2.12. The van der Waals surface area contributed by atoms with E-state index in [-0.39, 0.29) is 5.82 Å². The number of hydrogen-bond acceptors (Lipinski definition) is 4. The summed E-state index contributed by atoms with van der Waals surface area (Å²) in [5.74, 6) is 0.331. The van der Waals surface area contributed by atoms with Gasteiger partial charge in [-0.1, -0.05) is 12.1 Å². The minimum Gasteiger partial charge on any atom is -0.378 e. The summed E-state index contributed by atoms with van der Waals surface area (Å²) >= 11 is 5.24. The summed E-state index contributed by atoms with van der Waals surface area (Å²) in [6, 6.07) is 14.0. The van der Waals surface area contributed by atoms with Crippen molar-refractivity contribution in [3.63, 3.8) is 0 Å². The Morgan fingerprint density at radius 2 is 1.79 bits per heavy atom. The first-order valence-corrected chi connectivity index (χ1v) is 7.70. The van der Waals surface area contributed by atoms with Crippen LogP contribution in [0.4, 0.5) is 10.1 Å². The van der Waals surface area contributed by atoms with Crippen LogP contribution in [0.1, 0.15) is 5.56 Å². The van der Waals surface area contributed by atoms with Gasteiger partial charge in [0.25, 0.3) is 0 Å². The molecule has 122 valence electrons. The summed E-state index contributed by atoms with van der Waals surface area (Å²) in [4.78, 5) is 2.02. The molecule has 0 aliphatic heterocycles. The van der Waals surface area contributed by atoms with Crippen molar-refractivity contribution in [2.45, 2.75) is 0 Å². The van der Waals surface area contributed by atoms with Crippen LogP contribution < -0.4 is 4.90 Å². The molecule has 1 N–H and O–H groups in total. The van der Waals surface area contributed by atoms with Gasteiger partial charge in [-0.3, -0.25) is 0 Å². The second-order valence-corrected chi connectivity index (χ2v) is 5.79. The third kappa shape index (κ3) is 3.41. The molecule has 0 saturated carbocycles. The first-order valence-electron chi connectivity index (χ1n) is 7.30. The molecule has 0 fully saturated rings. The first kappa shape index (κ1) is 16.1. The first-order chi connectivity index (χ1) is 11.5. The van der Waals surface area contributed by atoms with E-state index in [1.165, 1.54) is 12.1 Å². The zero-order valence-electron chi connectivity index (χ0n) is 13.3. The van der Waals surface area contributed by atoms with E-state index < -0.39 is 0 Å². The molecule has 0 radical (unpaired) electrons. The van der Waals surface area contributed by atoms with Gasteiger partial charge in [-0.2, -0.15) is 14.9 Å². The standard InChI is InChI=1S/C17H16FN5S/c1-22(2)15-9-5-13(6-10-15)16-20-21-17(24)23(16)19-11-12-3-7-14(18)8-4-12/h3-11H,1-2H3,(H,21,24). The van der Waals surface area contributed by atoms with E-state index in [4.69, 9.17) is 12.2 Å². The summed E-state index contributed by atoms with van der Waals surface area (Å²) in [6.45, 7) is 0. The van der Waals surface area contributed by atoms with Gasteiger partial charge in [-0.25, -0.2) is 9.49 Å². The zero-order chi connectivity index (χ0) is 17.1. The molecule has 0 aliphatic rings. The Morgan fingerprint density at radius 1 is 1.12 bits per heavy atom. The quantitative estimate of drug-likeness (QED) is 0.581. The highest BCUT2D eigenvalue weighted by Gasteiger charge is 2.08. The van der Waals surface area contributed by atoms with E-state index in [2.05, 4.69) is 15.3 Å². The molecule has 1 aromatic heterocycles. The van der Waals surface area contributed by atoms with Crippen LogP contribution in [0.3, 0.4) is 0 Å². The highest BCUT2D eigenvalue weighted by Crippen LogP contribution is 2.21. The fraction of sp³-hybridized carbons (Fsp3) is 0.118. The predicted octanol–water partition coefficient (Wildman–Crippen LogP) is 3.69. The Morgan fingerprint density at radius 3 is 2.42 bits per heavy atom. The van der Waals surface area contributed by atoms with Crippen molar-refractivity contribution in [1.29, 1.82) is 0 Å². The lowest BCUT2D eigenvalue weighted by molar-refractivity contribution is 0.628. The summed E-state index contributed by atoms with van der Waals surface area (Å²) in [5.41, 5.74) is 2.76. The zero-order valence-corrected chi connectivity index (χ0v) is 14.1. The van der Waals surface area contributed by atoms with Crippen LogP contribution in [0.5, 0.6) is 0 Å². The summed E-state index contributed by atoms with van der Waals surface area (Å²) in [5, 5.41) is 11.4. The number of nitrogens with one attached hydrogen (secondary N) is 1. The van der Waals surface area contributed by atoms with Gasteiger partial charge in [0, 0.05) is 25.3 Å². The number of halogens is 1. The summed E-state index contributed by atoms with van der Waals surface area (Å²) in [6.07, 6.45) is 1.61. The number of hydrogen-bond donors (Lipinski definition) is 1. The van der Waals surface area contributed by atoms with Crippen molar-refractivity contribution in [2.75, 3.05) is 19.0 Å². The number of aromatic nitrogens is 3. The van der Waals surface area contributed by atoms with E-state index in [1.807, 2.05) is 43.3 Å². The van der Waals surface area contributed by atoms with Gasteiger partial charge in [-0.05, 0) is 54.2 Å². The van der Waals surface area contributed by atoms with Gasteiger partial charge in [0.15, 0.2) is 5.82 Å². The van der Waals surface area contributed by atoms with Gasteiger partial charge in [0.1, 0.15) is 5.82 Å². The van der Waals surface area contributed by atoms with Crippen molar-refractivity contribution < 1.29 is 4.39 Å². The average Bonchev–Trinajstić information content (AvgIpc) is 2.95. The molecule has 0 amide bonds. The van der Waals surface area contributed by atoms with E-state index in [0.717, 1.165) is 16.8 Å². The number of anilines is 1. The number of nitrogens with zero attached hydrogens (tertiary/aromatic N) is 4. The summed E-state index contributed by atoms with van der Waals surface area (Å²) < 4.78 is 14.9. The van der Waals surface area contributed by atoms with Gasteiger partial charge in [-0.15, -0.1) is 0 Å². The second-order valence-electron chi connectivity index (χ2n) is 5.40. The van der Waals surface area contributed by atoms with Crippen molar-refractivity contribution >= 4 is 24.1 Å². The minimum absolute atomic E-state index is 0.284. The fourth-order valence-electron chi connectivity index (χ4n) is 2.17.